The van der Waals surface area contributed by atoms with Crippen molar-refractivity contribution in [2.45, 2.75) is 11.3 Å². The average molecular weight is 307 g/mol. The molecule has 0 aromatic heterocycles. The first-order chi connectivity index (χ1) is 8.59. The molecule has 1 aromatic carbocycles. The van der Waals surface area contributed by atoms with Gasteiger partial charge in [0, 0.05) is 12.8 Å². The lowest BCUT2D eigenvalue weighted by Gasteiger charge is -2.10. The van der Waals surface area contributed by atoms with E-state index in [1.54, 1.807) is 6.07 Å². The average Bonchev–Trinajstić information content (AvgIpc) is 2.23. The van der Waals surface area contributed by atoms with Gasteiger partial charge < -0.3 is 11.1 Å². The highest BCUT2D eigenvalue weighted by Crippen LogP contribution is 2.22. The first-order valence-electron chi connectivity index (χ1n) is 5.43. The van der Waals surface area contributed by atoms with Gasteiger partial charge >= 0.3 is 0 Å². The number of nitrogens with two attached hydrogens (primary N) is 2. The van der Waals surface area contributed by atoms with E-state index in [1.807, 2.05) is 0 Å². The summed E-state index contributed by atoms with van der Waals surface area (Å²) in [5, 5.41) is 7.79. The molecule has 0 aliphatic carbocycles. The fourth-order valence-corrected chi connectivity index (χ4v) is 2.63. The Morgan fingerprint density at radius 3 is 2.32 bits per heavy atom. The lowest BCUT2D eigenvalue weighted by molar-refractivity contribution is 0.595. The molecule has 0 aliphatic heterocycles. The smallest absolute Gasteiger partial charge is 0.209 e. The van der Waals surface area contributed by atoms with Gasteiger partial charge in [0.05, 0.1) is 22.0 Å². The molecular formula is C10H17N3O4S2. The summed E-state index contributed by atoms with van der Waals surface area (Å²) in [4.78, 5) is 0.139. The second kappa shape index (κ2) is 5.76. The zero-order chi connectivity index (χ0) is 14.7. The third-order valence-electron chi connectivity index (χ3n) is 2.37. The van der Waals surface area contributed by atoms with E-state index in [0.29, 0.717) is 24.3 Å². The number of rotatable bonds is 6. The summed E-state index contributed by atoms with van der Waals surface area (Å²) in [5.74, 6) is -0.124. The monoisotopic (exact) mass is 307 g/mol. The maximum Gasteiger partial charge on any atom is 0.209 e. The maximum absolute atomic E-state index is 11.3. The zero-order valence-electron chi connectivity index (χ0n) is 10.5. The number of anilines is 2. The highest BCUT2D eigenvalue weighted by Gasteiger charge is 2.09. The van der Waals surface area contributed by atoms with Crippen molar-refractivity contribution in [1.82, 2.24) is 0 Å². The first kappa shape index (κ1) is 15.7. The normalized spacial score (nSPS) is 12.3. The summed E-state index contributed by atoms with van der Waals surface area (Å²) in [6.07, 6.45) is 1.44. The Kier molecular flexibility index (Phi) is 4.77. The highest BCUT2D eigenvalue weighted by atomic mass is 32.2. The summed E-state index contributed by atoms with van der Waals surface area (Å²) in [6, 6.07) is 4.34. The van der Waals surface area contributed by atoms with Gasteiger partial charge in [-0.25, -0.2) is 22.0 Å². The van der Waals surface area contributed by atoms with Crippen LogP contribution in [0.15, 0.2) is 23.1 Å². The van der Waals surface area contributed by atoms with Gasteiger partial charge in [0.1, 0.15) is 0 Å². The summed E-state index contributed by atoms with van der Waals surface area (Å²) in [5.41, 5.74) is 6.56. The molecule has 0 heterocycles. The Morgan fingerprint density at radius 2 is 1.84 bits per heavy atom. The van der Waals surface area contributed by atoms with E-state index < -0.39 is 19.9 Å². The van der Waals surface area contributed by atoms with Crippen molar-refractivity contribution in [2.75, 3.05) is 29.6 Å². The van der Waals surface area contributed by atoms with Gasteiger partial charge in [-0.3, -0.25) is 0 Å². The van der Waals surface area contributed by atoms with Crippen LogP contribution in [-0.4, -0.2) is 35.4 Å². The number of primary sulfonamides is 1. The number of sulfone groups is 1. The molecule has 19 heavy (non-hydrogen) atoms. The number of nitrogen functional groups attached to an aromatic ring is 1. The topological polar surface area (TPSA) is 132 Å². The molecule has 0 saturated heterocycles. The van der Waals surface area contributed by atoms with Crippen LogP contribution in [0.25, 0.3) is 0 Å². The molecule has 0 spiro atoms. The molecule has 0 saturated carbocycles. The van der Waals surface area contributed by atoms with Crippen molar-refractivity contribution in [2.24, 2.45) is 5.14 Å². The molecule has 0 radical (unpaired) electrons. The number of benzene rings is 1. The van der Waals surface area contributed by atoms with Crippen LogP contribution < -0.4 is 16.2 Å². The molecule has 108 valence electrons. The Labute approximate surface area is 113 Å². The molecule has 5 N–H and O–H groups in total. The third-order valence-corrected chi connectivity index (χ3v) is 4.34. The quantitative estimate of drug-likeness (QED) is 0.491. The molecule has 0 amide bonds. The van der Waals surface area contributed by atoms with Crippen LogP contribution in [0, 0.1) is 0 Å². The van der Waals surface area contributed by atoms with Gasteiger partial charge in [0.15, 0.2) is 9.84 Å². The summed E-state index contributed by atoms with van der Waals surface area (Å²) in [6.45, 7) is 0.374. The van der Waals surface area contributed by atoms with E-state index in [9.17, 15) is 16.8 Å². The molecule has 0 unspecified atom stereocenters. The number of hydrogen-bond acceptors (Lipinski definition) is 6. The van der Waals surface area contributed by atoms with Crippen molar-refractivity contribution in [3.05, 3.63) is 18.2 Å². The van der Waals surface area contributed by atoms with E-state index in [4.69, 9.17) is 10.9 Å². The number of sulfonamides is 1. The summed E-state index contributed by atoms with van der Waals surface area (Å²) < 4.78 is 44.1. The Hall–Kier alpha value is -1.32. The van der Waals surface area contributed by atoms with Crippen LogP contribution in [-0.2, 0) is 19.9 Å². The van der Waals surface area contributed by atoms with Gasteiger partial charge in [-0.1, -0.05) is 0 Å². The van der Waals surface area contributed by atoms with Crippen molar-refractivity contribution in [1.29, 1.82) is 0 Å². The van der Waals surface area contributed by atoms with Crippen molar-refractivity contribution >= 4 is 31.2 Å². The lowest BCUT2D eigenvalue weighted by Crippen LogP contribution is -2.18. The van der Waals surface area contributed by atoms with E-state index in [0.717, 1.165) is 6.26 Å². The fraction of sp³-hybridized carbons (Fsp3) is 0.400. The maximum atomic E-state index is 11.3. The minimum atomic E-state index is -3.47. The van der Waals surface area contributed by atoms with Crippen LogP contribution in [0.5, 0.6) is 0 Å². The van der Waals surface area contributed by atoms with Crippen molar-refractivity contribution < 1.29 is 16.8 Å². The van der Waals surface area contributed by atoms with E-state index in [-0.39, 0.29) is 10.6 Å². The van der Waals surface area contributed by atoms with Gasteiger partial charge in [-0.2, -0.15) is 0 Å². The molecule has 9 heteroatoms. The van der Waals surface area contributed by atoms with Crippen LogP contribution in [0.2, 0.25) is 0 Å². The first-order valence-corrected chi connectivity index (χ1v) is 9.04. The summed E-state index contributed by atoms with van der Waals surface area (Å²) in [7, 11) is -6.76. The Bertz CT molecular complexity index is 653. The van der Waals surface area contributed by atoms with Gasteiger partial charge in [0.25, 0.3) is 0 Å². The molecule has 0 bridgehead atoms. The second-order valence-corrected chi connectivity index (χ2v) is 7.92. The molecule has 0 fully saturated rings. The lowest BCUT2D eigenvalue weighted by atomic mass is 10.2. The molecular weight excluding hydrogens is 290 g/mol. The minimum absolute atomic E-state index is 0.124. The van der Waals surface area contributed by atoms with Gasteiger partial charge in [0.2, 0.25) is 10.0 Å². The van der Waals surface area contributed by atoms with E-state index >= 15 is 0 Å². The number of hydrogen-bond donors (Lipinski definition) is 3. The standard InChI is InChI=1S/C10H17N3O4S2/c1-18(14,15)8-3-4-10(9(11)7-8)13-5-2-6-19(12,16)17/h3-4,7,13H,2,5-6,11H2,1H3,(H2,12,16,17). The van der Waals surface area contributed by atoms with Crippen molar-refractivity contribution in [3.63, 3.8) is 0 Å². The predicted molar refractivity (Wildman–Crippen MR) is 75.0 cm³/mol. The predicted octanol–water partition coefficient (Wildman–Crippen LogP) is -0.237. The van der Waals surface area contributed by atoms with Crippen LogP contribution in [0.4, 0.5) is 11.4 Å². The molecule has 7 nitrogen and oxygen atoms in total. The highest BCUT2D eigenvalue weighted by molar-refractivity contribution is 7.90. The number of nitrogens with one attached hydrogen (secondary N) is 1. The van der Waals surface area contributed by atoms with Crippen LogP contribution in [0.1, 0.15) is 6.42 Å². The van der Waals surface area contributed by atoms with Crippen LogP contribution in [0.3, 0.4) is 0 Å². The van der Waals surface area contributed by atoms with Gasteiger partial charge in [-0.15, -0.1) is 0 Å². The Balaban J connectivity index is 2.66. The van der Waals surface area contributed by atoms with E-state index in [2.05, 4.69) is 5.32 Å². The van der Waals surface area contributed by atoms with E-state index in [1.165, 1.54) is 12.1 Å². The molecule has 0 atom stereocenters. The second-order valence-electron chi connectivity index (χ2n) is 4.17. The summed E-state index contributed by atoms with van der Waals surface area (Å²) >= 11 is 0. The largest absolute Gasteiger partial charge is 0.397 e. The Morgan fingerprint density at radius 1 is 1.21 bits per heavy atom. The molecule has 1 rings (SSSR count). The SMILES string of the molecule is CS(=O)(=O)c1ccc(NCCCS(N)(=O)=O)c(N)c1. The molecule has 1 aromatic rings. The molecule has 0 aliphatic rings. The minimum Gasteiger partial charge on any atom is -0.397 e. The van der Waals surface area contributed by atoms with Gasteiger partial charge in [-0.05, 0) is 24.6 Å². The van der Waals surface area contributed by atoms with Crippen molar-refractivity contribution in [3.8, 4) is 0 Å². The fourth-order valence-electron chi connectivity index (χ4n) is 1.43. The zero-order valence-corrected chi connectivity index (χ0v) is 12.1. The third kappa shape index (κ3) is 5.45. The van der Waals surface area contributed by atoms with Crippen LogP contribution >= 0.6 is 0 Å².